The second-order valence-electron chi connectivity index (χ2n) is 4.08. The number of Topliss-reactive ketones (excluding diaryl/α,β-unsaturated/α-hetero) is 1. The van der Waals surface area contributed by atoms with Crippen molar-refractivity contribution in [2.45, 2.75) is 18.9 Å². The van der Waals surface area contributed by atoms with Gasteiger partial charge in [-0.1, -0.05) is 0 Å². The summed E-state index contributed by atoms with van der Waals surface area (Å²) in [6.45, 7) is 1.91. The zero-order valence-electron chi connectivity index (χ0n) is 9.53. The highest BCUT2D eigenvalue weighted by atomic mass is 16.5. The van der Waals surface area contributed by atoms with Gasteiger partial charge >= 0.3 is 5.97 Å². The molecule has 16 heavy (non-hydrogen) atoms. The highest BCUT2D eigenvalue weighted by Crippen LogP contribution is 2.21. The van der Waals surface area contributed by atoms with Gasteiger partial charge in [0.15, 0.2) is 11.7 Å². The van der Waals surface area contributed by atoms with Gasteiger partial charge in [0.1, 0.15) is 0 Å². The van der Waals surface area contributed by atoms with E-state index in [1.54, 1.807) is 6.92 Å². The Morgan fingerprint density at radius 2 is 2.12 bits per heavy atom. The van der Waals surface area contributed by atoms with E-state index in [2.05, 4.69) is 10.1 Å². The van der Waals surface area contributed by atoms with E-state index in [0.717, 1.165) is 7.11 Å². The quantitative estimate of drug-likeness (QED) is 0.509. The number of nitrogens with one attached hydrogen (secondary N) is 1. The summed E-state index contributed by atoms with van der Waals surface area (Å²) in [6, 6.07) is 0. The van der Waals surface area contributed by atoms with Crippen LogP contribution >= 0.6 is 0 Å². The Labute approximate surface area is 93.3 Å². The van der Waals surface area contributed by atoms with Crippen molar-refractivity contribution in [3.8, 4) is 0 Å². The topological polar surface area (TPSA) is 81.7 Å². The third-order valence-electron chi connectivity index (χ3n) is 2.47. The fraction of sp³-hybridized carbons (Fsp3) is 0.700. The van der Waals surface area contributed by atoms with Crippen molar-refractivity contribution in [1.29, 1.82) is 0 Å². The number of ketones is 1. The molecule has 90 valence electrons. The van der Waals surface area contributed by atoms with E-state index in [-0.39, 0.29) is 13.0 Å². The van der Waals surface area contributed by atoms with Crippen LogP contribution in [0.25, 0.3) is 0 Å². The molecule has 0 aromatic rings. The molecule has 6 nitrogen and oxygen atoms in total. The molecule has 2 unspecified atom stereocenters. The number of amides is 1. The molecule has 2 atom stereocenters. The number of esters is 1. The Morgan fingerprint density at radius 1 is 1.50 bits per heavy atom. The lowest BCUT2D eigenvalue weighted by molar-refractivity contribution is -0.157. The van der Waals surface area contributed by atoms with Crippen molar-refractivity contribution < 1.29 is 23.9 Å². The van der Waals surface area contributed by atoms with Gasteiger partial charge in [0.05, 0.1) is 19.3 Å². The van der Waals surface area contributed by atoms with Gasteiger partial charge in [-0.05, 0) is 6.92 Å². The molecule has 0 radical (unpaired) electrons. The van der Waals surface area contributed by atoms with Gasteiger partial charge in [0.2, 0.25) is 5.91 Å². The van der Waals surface area contributed by atoms with E-state index in [1.807, 2.05) is 0 Å². The molecule has 0 spiro atoms. The number of ether oxygens (including phenoxy) is 2. The van der Waals surface area contributed by atoms with Crippen LogP contribution in [0.2, 0.25) is 0 Å². The van der Waals surface area contributed by atoms with Gasteiger partial charge in [-0.25, -0.2) is 0 Å². The number of carbonyl (C=O) groups excluding carboxylic acids is 3. The van der Waals surface area contributed by atoms with Crippen molar-refractivity contribution in [3.05, 3.63) is 0 Å². The number of piperidine rings is 1. The highest BCUT2D eigenvalue weighted by Gasteiger charge is 2.45. The molecule has 0 aromatic heterocycles. The van der Waals surface area contributed by atoms with E-state index in [1.165, 1.54) is 7.11 Å². The highest BCUT2D eigenvalue weighted by molar-refractivity contribution is 6.18. The Kier molecular flexibility index (Phi) is 3.64. The van der Waals surface area contributed by atoms with Crippen molar-refractivity contribution in [2.75, 3.05) is 20.8 Å². The molecule has 6 heteroatoms. The number of methoxy groups -OCH3 is 2. The molecule has 1 saturated heterocycles. The van der Waals surface area contributed by atoms with Gasteiger partial charge in [0.25, 0.3) is 0 Å². The van der Waals surface area contributed by atoms with Gasteiger partial charge in [0, 0.05) is 13.5 Å². The Balaban J connectivity index is 2.83. The lowest BCUT2D eigenvalue weighted by Gasteiger charge is -2.35. The number of hydrogen-bond donors (Lipinski definition) is 1. The maximum atomic E-state index is 11.7. The molecule has 1 N–H and O–H groups in total. The second-order valence-corrected chi connectivity index (χ2v) is 4.08. The van der Waals surface area contributed by atoms with Crippen LogP contribution in [-0.2, 0) is 23.9 Å². The summed E-state index contributed by atoms with van der Waals surface area (Å²) in [4.78, 5) is 34.5. The lowest BCUT2D eigenvalue weighted by Crippen LogP contribution is -2.60. The fourth-order valence-electron chi connectivity index (χ4n) is 1.81. The van der Waals surface area contributed by atoms with Crippen LogP contribution < -0.4 is 5.32 Å². The summed E-state index contributed by atoms with van der Waals surface area (Å²) >= 11 is 0. The van der Waals surface area contributed by atoms with E-state index in [0.29, 0.717) is 0 Å². The summed E-state index contributed by atoms with van der Waals surface area (Å²) in [5.74, 6) is -3.21. The maximum Gasteiger partial charge on any atom is 0.325 e. The molecule has 1 aliphatic rings. The molecule has 1 amide bonds. The normalized spacial score (nSPS) is 29.8. The lowest BCUT2D eigenvalue weighted by atomic mass is 9.84. The average Bonchev–Trinajstić information content (AvgIpc) is 2.15. The largest absolute Gasteiger partial charge is 0.468 e. The number of rotatable bonds is 3. The summed E-state index contributed by atoms with van der Waals surface area (Å²) in [7, 11) is 2.63. The fourth-order valence-corrected chi connectivity index (χ4v) is 1.81. The minimum absolute atomic E-state index is 0.0619. The average molecular weight is 229 g/mol. The number of hydrogen-bond acceptors (Lipinski definition) is 5. The first kappa shape index (κ1) is 12.6. The monoisotopic (exact) mass is 229 g/mol. The van der Waals surface area contributed by atoms with Crippen LogP contribution in [0.1, 0.15) is 13.3 Å². The first-order valence-electron chi connectivity index (χ1n) is 4.85. The zero-order chi connectivity index (χ0) is 12.3. The molecule has 0 bridgehead atoms. The predicted molar refractivity (Wildman–Crippen MR) is 53.6 cm³/mol. The predicted octanol–water partition coefficient (Wildman–Crippen LogP) is -0.730. The van der Waals surface area contributed by atoms with Crippen molar-refractivity contribution in [3.63, 3.8) is 0 Å². The van der Waals surface area contributed by atoms with Crippen LogP contribution in [0.5, 0.6) is 0 Å². The Hall–Kier alpha value is -1.43. The minimum atomic E-state index is -1.34. The van der Waals surface area contributed by atoms with Gasteiger partial charge in [-0.3, -0.25) is 14.4 Å². The summed E-state index contributed by atoms with van der Waals surface area (Å²) in [6.07, 6.45) is 0.0619. The molecule has 0 aromatic carbocycles. The van der Waals surface area contributed by atoms with Crippen LogP contribution in [-0.4, -0.2) is 44.0 Å². The van der Waals surface area contributed by atoms with Crippen LogP contribution in [0.3, 0.4) is 0 Å². The Morgan fingerprint density at radius 3 is 2.56 bits per heavy atom. The molecule has 0 aliphatic carbocycles. The van der Waals surface area contributed by atoms with E-state index >= 15 is 0 Å². The van der Waals surface area contributed by atoms with Crippen LogP contribution in [0.4, 0.5) is 0 Å². The number of carbonyl (C=O) groups is 3. The summed E-state index contributed by atoms with van der Waals surface area (Å²) in [5.41, 5.74) is -0.743. The maximum absolute atomic E-state index is 11.7. The van der Waals surface area contributed by atoms with E-state index < -0.39 is 29.1 Å². The zero-order valence-corrected chi connectivity index (χ0v) is 9.53. The standard InChI is InChI=1S/C10H15NO5/c1-10(5-15-2)4-6(12)7(8(13)11-10)9(14)16-3/h7H,4-5H2,1-3H3,(H,11,13). The van der Waals surface area contributed by atoms with Crippen LogP contribution in [0.15, 0.2) is 0 Å². The van der Waals surface area contributed by atoms with Crippen molar-refractivity contribution in [2.24, 2.45) is 5.92 Å². The molecular weight excluding hydrogens is 214 g/mol. The molecule has 1 heterocycles. The van der Waals surface area contributed by atoms with E-state index in [9.17, 15) is 14.4 Å². The molecule has 0 saturated carbocycles. The van der Waals surface area contributed by atoms with Crippen LogP contribution in [0, 0.1) is 5.92 Å². The molecule has 1 rings (SSSR count). The third-order valence-corrected chi connectivity index (χ3v) is 2.47. The van der Waals surface area contributed by atoms with Crippen molar-refractivity contribution >= 4 is 17.7 Å². The van der Waals surface area contributed by atoms with Gasteiger partial charge < -0.3 is 14.8 Å². The third kappa shape index (κ3) is 2.38. The first-order valence-corrected chi connectivity index (χ1v) is 4.85. The van der Waals surface area contributed by atoms with Gasteiger partial charge in [-0.2, -0.15) is 0 Å². The first-order chi connectivity index (χ1) is 7.43. The smallest absolute Gasteiger partial charge is 0.325 e. The Bertz CT molecular complexity index is 307. The van der Waals surface area contributed by atoms with E-state index in [4.69, 9.17) is 4.74 Å². The summed E-state index contributed by atoms with van der Waals surface area (Å²) < 4.78 is 9.33. The second kappa shape index (κ2) is 4.61. The van der Waals surface area contributed by atoms with Crippen molar-refractivity contribution in [1.82, 2.24) is 5.32 Å². The van der Waals surface area contributed by atoms with Gasteiger partial charge in [-0.15, -0.1) is 0 Å². The molecule has 1 fully saturated rings. The molecule has 1 aliphatic heterocycles. The SMILES string of the molecule is COCC1(C)CC(=O)C(C(=O)OC)C(=O)N1. The minimum Gasteiger partial charge on any atom is -0.468 e. The summed E-state index contributed by atoms with van der Waals surface area (Å²) in [5, 5.41) is 2.60. The molecular formula is C10H15NO5.